The Labute approximate surface area is 105 Å². The normalized spacial score (nSPS) is 18.6. The van der Waals surface area contributed by atoms with Crippen molar-refractivity contribution in [1.82, 2.24) is 0 Å². The van der Waals surface area contributed by atoms with Crippen LogP contribution in [0.3, 0.4) is 0 Å². The van der Waals surface area contributed by atoms with Crippen LogP contribution in [0.2, 0.25) is 0 Å². The molecule has 1 heterocycles. The van der Waals surface area contributed by atoms with Gasteiger partial charge in [0, 0.05) is 12.8 Å². The zero-order valence-electron chi connectivity index (χ0n) is 9.92. The van der Waals surface area contributed by atoms with Gasteiger partial charge in [0.05, 0.1) is 18.1 Å². The van der Waals surface area contributed by atoms with Gasteiger partial charge < -0.3 is 15.8 Å². The molecule has 6 nitrogen and oxygen atoms in total. The fourth-order valence-electron chi connectivity index (χ4n) is 1.52. The number of hydrogen-bond acceptors (Lipinski definition) is 6. The molecule has 1 aromatic rings. The number of nitrogens with zero attached hydrogens (tertiary/aromatic N) is 3. The molecule has 0 radical (unpaired) electrons. The Morgan fingerprint density at radius 2 is 2.17 bits per heavy atom. The number of nitrogens with two attached hydrogens (primary N) is 1. The van der Waals surface area contributed by atoms with Gasteiger partial charge in [0.15, 0.2) is 6.23 Å². The Balaban J connectivity index is 2.13. The maximum Gasteiger partial charge on any atom is 0.226 e. The van der Waals surface area contributed by atoms with Gasteiger partial charge in [0.1, 0.15) is 5.84 Å². The number of rotatable bonds is 2. The van der Waals surface area contributed by atoms with Crippen molar-refractivity contribution in [3.63, 3.8) is 0 Å². The van der Waals surface area contributed by atoms with Crippen LogP contribution < -0.4 is 11.1 Å². The van der Waals surface area contributed by atoms with Gasteiger partial charge in [0.2, 0.25) is 5.96 Å². The summed E-state index contributed by atoms with van der Waals surface area (Å²) in [6, 6.07) is 9.05. The smallest absolute Gasteiger partial charge is 0.226 e. The van der Waals surface area contributed by atoms with Gasteiger partial charge in [0.25, 0.3) is 0 Å². The maximum absolute atomic E-state index is 8.70. The largest absolute Gasteiger partial charge is 0.387 e. The number of guanidine groups is 1. The van der Waals surface area contributed by atoms with Crippen molar-refractivity contribution in [3.8, 4) is 6.07 Å². The second-order valence-electron chi connectivity index (χ2n) is 3.76. The first-order chi connectivity index (χ1) is 8.71. The van der Waals surface area contributed by atoms with Crippen LogP contribution in [0.1, 0.15) is 12.0 Å². The number of nitriles is 1. The summed E-state index contributed by atoms with van der Waals surface area (Å²) >= 11 is 0. The minimum absolute atomic E-state index is 0.302. The van der Waals surface area contributed by atoms with Crippen LogP contribution in [0.15, 0.2) is 34.3 Å². The van der Waals surface area contributed by atoms with Crippen molar-refractivity contribution < 1.29 is 4.74 Å². The molecule has 1 unspecified atom stereocenters. The highest BCUT2D eigenvalue weighted by atomic mass is 16.5. The molecule has 92 valence electrons. The SMILES string of the molecule is COC1CC(N)=NC(Nc2ccc(C#N)cc2)=N1. The van der Waals surface area contributed by atoms with Gasteiger partial charge >= 0.3 is 0 Å². The van der Waals surface area contributed by atoms with Crippen molar-refractivity contribution >= 4 is 17.5 Å². The zero-order valence-corrected chi connectivity index (χ0v) is 9.92. The monoisotopic (exact) mass is 243 g/mol. The number of nitrogens with one attached hydrogen (secondary N) is 1. The molecule has 0 spiro atoms. The van der Waals surface area contributed by atoms with Crippen LogP contribution in [0.25, 0.3) is 0 Å². The second-order valence-corrected chi connectivity index (χ2v) is 3.76. The van der Waals surface area contributed by atoms with Gasteiger partial charge in [-0.15, -0.1) is 0 Å². The summed E-state index contributed by atoms with van der Waals surface area (Å²) in [6.45, 7) is 0. The van der Waals surface area contributed by atoms with Gasteiger partial charge in [-0.05, 0) is 24.3 Å². The molecule has 0 amide bonds. The van der Waals surface area contributed by atoms with E-state index in [4.69, 9.17) is 15.7 Å². The Kier molecular flexibility index (Phi) is 3.55. The molecule has 0 saturated heterocycles. The number of amidine groups is 1. The third kappa shape index (κ3) is 2.84. The van der Waals surface area contributed by atoms with E-state index in [0.717, 1.165) is 5.69 Å². The lowest BCUT2D eigenvalue weighted by molar-refractivity contribution is 0.115. The highest BCUT2D eigenvalue weighted by Gasteiger charge is 2.15. The number of aliphatic imine (C=N–C) groups is 2. The van der Waals surface area contributed by atoms with Crippen LogP contribution in [-0.2, 0) is 4.74 Å². The summed E-state index contributed by atoms with van der Waals surface area (Å²) in [5.74, 6) is 0.892. The maximum atomic E-state index is 8.70. The van der Waals surface area contributed by atoms with Gasteiger partial charge in [-0.3, -0.25) is 0 Å². The van der Waals surface area contributed by atoms with E-state index < -0.39 is 0 Å². The molecule has 3 N–H and O–H groups in total. The molecule has 1 aliphatic rings. The summed E-state index contributed by atoms with van der Waals surface area (Å²) < 4.78 is 5.13. The van der Waals surface area contributed by atoms with Crippen LogP contribution in [0, 0.1) is 11.3 Å². The minimum atomic E-state index is -0.302. The van der Waals surface area contributed by atoms with Crippen molar-refractivity contribution in [1.29, 1.82) is 5.26 Å². The summed E-state index contributed by atoms with van der Waals surface area (Å²) in [5, 5.41) is 11.7. The Morgan fingerprint density at radius 3 is 2.78 bits per heavy atom. The van der Waals surface area contributed by atoms with Gasteiger partial charge in [-0.1, -0.05) is 0 Å². The minimum Gasteiger partial charge on any atom is -0.387 e. The average Bonchev–Trinajstić information content (AvgIpc) is 2.39. The lowest BCUT2D eigenvalue weighted by atomic mass is 10.2. The van der Waals surface area contributed by atoms with E-state index in [9.17, 15) is 0 Å². The van der Waals surface area contributed by atoms with E-state index in [1.807, 2.05) is 0 Å². The standard InChI is InChI=1S/C12H13N5O/c1-18-11-6-10(14)16-12(17-11)15-9-4-2-8(7-13)3-5-9/h2-5,11H,6H2,1H3,(H3,14,15,16,17). The van der Waals surface area contributed by atoms with Crippen LogP contribution in [0.4, 0.5) is 5.69 Å². The Bertz CT molecular complexity index is 526. The number of ether oxygens (including phenoxy) is 1. The van der Waals surface area contributed by atoms with Crippen molar-refractivity contribution in [2.45, 2.75) is 12.6 Å². The van der Waals surface area contributed by atoms with Crippen molar-refractivity contribution in [3.05, 3.63) is 29.8 Å². The third-order valence-corrected chi connectivity index (χ3v) is 2.44. The fraction of sp³-hybridized carbons (Fsp3) is 0.250. The molecule has 0 fully saturated rings. The van der Waals surface area contributed by atoms with E-state index in [0.29, 0.717) is 23.8 Å². The van der Waals surface area contributed by atoms with Crippen LogP contribution in [-0.4, -0.2) is 25.1 Å². The molecular formula is C12H13N5O. The lowest BCUT2D eigenvalue weighted by Crippen LogP contribution is -2.29. The Hall–Kier alpha value is -2.39. The Morgan fingerprint density at radius 1 is 1.44 bits per heavy atom. The summed E-state index contributed by atoms with van der Waals surface area (Å²) in [4.78, 5) is 8.35. The summed E-state index contributed by atoms with van der Waals surface area (Å²) in [5.41, 5.74) is 7.09. The molecule has 0 aliphatic carbocycles. The number of methoxy groups -OCH3 is 1. The van der Waals surface area contributed by atoms with Crippen molar-refractivity contribution in [2.75, 3.05) is 12.4 Å². The molecule has 2 rings (SSSR count). The highest BCUT2D eigenvalue weighted by molar-refractivity contribution is 6.03. The second kappa shape index (κ2) is 5.29. The molecule has 0 bridgehead atoms. The summed E-state index contributed by atoms with van der Waals surface area (Å²) in [7, 11) is 1.58. The van der Waals surface area contributed by atoms with Gasteiger partial charge in [-0.25, -0.2) is 9.98 Å². The van der Waals surface area contributed by atoms with E-state index in [1.54, 1.807) is 31.4 Å². The molecular weight excluding hydrogens is 230 g/mol. The molecule has 6 heteroatoms. The average molecular weight is 243 g/mol. The van der Waals surface area contributed by atoms with Crippen LogP contribution in [0.5, 0.6) is 0 Å². The van der Waals surface area contributed by atoms with E-state index in [-0.39, 0.29) is 6.23 Å². The number of benzene rings is 1. The number of hydrogen-bond donors (Lipinski definition) is 2. The van der Waals surface area contributed by atoms with E-state index in [1.165, 1.54) is 0 Å². The predicted molar refractivity (Wildman–Crippen MR) is 69.3 cm³/mol. The first kappa shape index (κ1) is 12.1. The molecule has 1 aromatic carbocycles. The number of anilines is 1. The lowest BCUT2D eigenvalue weighted by Gasteiger charge is -2.17. The zero-order chi connectivity index (χ0) is 13.0. The molecule has 1 aliphatic heterocycles. The predicted octanol–water partition coefficient (Wildman–Crippen LogP) is 1.06. The first-order valence-electron chi connectivity index (χ1n) is 5.42. The van der Waals surface area contributed by atoms with Crippen molar-refractivity contribution in [2.24, 2.45) is 15.7 Å². The van der Waals surface area contributed by atoms with Gasteiger partial charge in [-0.2, -0.15) is 5.26 Å². The fourth-order valence-corrected chi connectivity index (χ4v) is 1.52. The highest BCUT2D eigenvalue weighted by Crippen LogP contribution is 2.12. The third-order valence-electron chi connectivity index (χ3n) is 2.44. The quantitative estimate of drug-likeness (QED) is 0.811. The topological polar surface area (TPSA) is 95.8 Å². The molecule has 1 atom stereocenters. The van der Waals surface area contributed by atoms with E-state index >= 15 is 0 Å². The molecule has 0 aromatic heterocycles. The molecule has 18 heavy (non-hydrogen) atoms. The summed E-state index contributed by atoms with van der Waals surface area (Å²) in [6.07, 6.45) is 0.193. The van der Waals surface area contributed by atoms with Crippen LogP contribution >= 0.6 is 0 Å². The molecule has 0 saturated carbocycles. The first-order valence-corrected chi connectivity index (χ1v) is 5.42. The van der Waals surface area contributed by atoms with E-state index in [2.05, 4.69) is 21.4 Å².